The minimum absolute atomic E-state index is 0.00417. The van der Waals surface area contributed by atoms with E-state index in [2.05, 4.69) is 45.7 Å². The molecular weight excluding hydrogens is 400 g/mol. The fourth-order valence-corrected chi connectivity index (χ4v) is 3.35. The Morgan fingerprint density at radius 3 is 2.57 bits per heavy atom. The van der Waals surface area contributed by atoms with Crippen molar-refractivity contribution in [1.29, 1.82) is 0 Å². The molecule has 0 aromatic heterocycles. The zero-order chi connectivity index (χ0) is 15.2. The number of unbranched alkanes of at least 4 members (excludes halogenated alkanes) is 3. The van der Waals surface area contributed by atoms with E-state index in [0.29, 0.717) is 0 Å². The minimum Gasteiger partial charge on any atom is -0.454 e. The molecule has 3 nitrogen and oxygen atoms in total. The third-order valence-electron chi connectivity index (χ3n) is 3.51. The Balaban J connectivity index is 2.04. The van der Waals surface area contributed by atoms with Gasteiger partial charge in [0.1, 0.15) is 0 Å². The van der Waals surface area contributed by atoms with Gasteiger partial charge >= 0.3 is 0 Å². The quantitative estimate of drug-likeness (QED) is 0.403. The lowest BCUT2D eigenvalue weighted by molar-refractivity contribution is 0.0517. The van der Waals surface area contributed by atoms with Crippen LogP contribution in [0.4, 0.5) is 0 Å². The van der Waals surface area contributed by atoms with Crippen molar-refractivity contribution in [2.24, 2.45) is 0 Å². The first-order chi connectivity index (χ1) is 10.1. The van der Waals surface area contributed by atoms with Crippen LogP contribution in [0, 0.1) is 0 Å². The van der Waals surface area contributed by atoms with Gasteiger partial charge in [0.05, 0.1) is 6.10 Å². The van der Waals surface area contributed by atoms with Gasteiger partial charge < -0.3 is 14.2 Å². The second kappa shape index (κ2) is 8.39. The molecule has 2 rings (SSSR count). The molecule has 0 saturated heterocycles. The van der Waals surface area contributed by atoms with Crippen LogP contribution in [0.15, 0.2) is 16.6 Å². The summed E-state index contributed by atoms with van der Waals surface area (Å²) in [5, 5.41) is 0. The van der Waals surface area contributed by atoms with Crippen molar-refractivity contribution >= 4 is 31.9 Å². The van der Waals surface area contributed by atoms with Crippen LogP contribution in [0.25, 0.3) is 0 Å². The Morgan fingerprint density at radius 2 is 1.90 bits per heavy atom. The fraction of sp³-hybridized carbons (Fsp3) is 0.625. The summed E-state index contributed by atoms with van der Waals surface area (Å²) in [4.78, 5) is 0.223. The fourth-order valence-electron chi connectivity index (χ4n) is 2.36. The predicted molar refractivity (Wildman–Crippen MR) is 91.5 cm³/mol. The van der Waals surface area contributed by atoms with E-state index in [9.17, 15) is 0 Å². The largest absolute Gasteiger partial charge is 0.454 e. The molecule has 1 aliphatic rings. The molecule has 21 heavy (non-hydrogen) atoms. The van der Waals surface area contributed by atoms with Crippen molar-refractivity contribution in [2.75, 3.05) is 13.4 Å². The van der Waals surface area contributed by atoms with Crippen LogP contribution < -0.4 is 9.47 Å². The molecule has 0 aliphatic carbocycles. The molecule has 0 unspecified atom stereocenters. The van der Waals surface area contributed by atoms with Crippen LogP contribution in [0.1, 0.15) is 51.2 Å². The minimum atomic E-state index is -0.00417. The second-order valence-corrected chi connectivity index (χ2v) is 7.56. The van der Waals surface area contributed by atoms with E-state index in [4.69, 9.17) is 14.2 Å². The average molecular weight is 422 g/mol. The highest BCUT2D eigenvalue weighted by Crippen LogP contribution is 2.41. The summed E-state index contributed by atoms with van der Waals surface area (Å²) < 4.78 is 18.0. The summed E-state index contributed by atoms with van der Waals surface area (Å²) in [6.45, 7) is 5.39. The van der Waals surface area contributed by atoms with Crippen molar-refractivity contribution in [3.05, 3.63) is 22.2 Å². The molecule has 1 aromatic carbocycles. The molecule has 118 valence electrons. The van der Waals surface area contributed by atoms with Crippen LogP contribution in [-0.4, -0.2) is 18.2 Å². The molecular formula is C16H22Br2O3. The summed E-state index contributed by atoms with van der Waals surface area (Å²) in [6, 6.07) is 3.97. The number of rotatable bonds is 8. The highest BCUT2D eigenvalue weighted by Gasteiger charge is 2.24. The first-order valence-corrected chi connectivity index (χ1v) is 9.19. The lowest BCUT2D eigenvalue weighted by Crippen LogP contribution is -2.14. The van der Waals surface area contributed by atoms with Crippen molar-refractivity contribution in [3.8, 4) is 11.5 Å². The third kappa shape index (κ3) is 4.60. The van der Waals surface area contributed by atoms with E-state index in [1.54, 1.807) is 0 Å². The number of ether oxygens (including phenoxy) is 3. The standard InChI is InChI=1S/C16H22Br2O3/c1-3-4-5-6-7-19-16(11(2)17)12-8-14-15(9-13(12)18)21-10-20-14/h8-9,11,16H,3-7,10H2,1-2H3/t11-,16-/m0/s1. The number of halogens is 2. The van der Waals surface area contributed by atoms with Gasteiger partial charge in [-0.3, -0.25) is 0 Å². The van der Waals surface area contributed by atoms with E-state index < -0.39 is 0 Å². The molecule has 1 aliphatic heterocycles. The Labute approximate surface area is 143 Å². The molecule has 0 bridgehead atoms. The highest BCUT2D eigenvalue weighted by molar-refractivity contribution is 9.10. The van der Waals surface area contributed by atoms with Gasteiger partial charge in [-0.2, -0.15) is 0 Å². The molecule has 0 radical (unpaired) electrons. The van der Waals surface area contributed by atoms with Gasteiger partial charge in [-0.15, -0.1) is 0 Å². The maximum atomic E-state index is 6.10. The van der Waals surface area contributed by atoms with Gasteiger partial charge in [-0.25, -0.2) is 0 Å². The van der Waals surface area contributed by atoms with E-state index in [-0.39, 0.29) is 17.7 Å². The Bertz CT molecular complexity index is 463. The molecule has 0 spiro atoms. The van der Waals surface area contributed by atoms with Crippen LogP contribution >= 0.6 is 31.9 Å². The van der Waals surface area contributed by atoms with Crippen LogP contribution in [0.2, 0.25) is 0 Å². The first-order valence-electron chi connectivity index (χ1n) is 7.48. The third-order valence-corrected chi connectivity index (χ3v) is 4.68. The Hall–Kier alpha value is -0.260. The predicted octanol–water partition coefficient (Wildman–Crippen LogP) is 5.60. The lowest BCUT2D eigenvalue weighted by Gasteiger charge is -2.22. The van der Waals surface area contributed by atoms with Gasteiger partial charge in [-0.05, 0) is 25.5 Å². The summed E-state index contributed by atoms with van der Waals surface area (Å²) in [7, 11) is 0. The van der Waals surface area contributed by atoms with Gasteiger partial charge in [0.2, 0.25) is 6.79 Å². The summed E-state index contributed by atoms with van der Waals surface area (Å²) in [5.74, 6) is 1.58. The van der Waals surface area contributed by atoms with Gasteiger partial charge in [-0.1, -0.05) is 58.0 Å². The number of fused-ring (bicyclic) bond motifs is 1. The average Bonchev–Trinajstić information content (AvgIpc) is 2.89. The van der Waals surface area contributed by atoms with Crippen molar-refractivity contribution in [3.63, 3.8) is 0 Å². The Kier molecular flexibility index (Phi) is 6.83. The lowest BCUT2D eigenvalue weighted by atomic mass is 10.1. The van der Waals surface area contributed by atoms with Crippen molar-refractivity contribution < 1.29 is 14.2 Å². The van der Waals surface area contributed by atoms with Gasteiger partial charge in [0, 0.05) is 21.5 Å². The molecule has 5 heteroatoms. The van der Waals surface area contributed by atoms with E-state index in [1.807, 2.05) is 12.1 Å². The first kappa shape index (κ1) is 17.1. The van der Waals surface area contributed by atoms with Crippen molar-refractivity contribution in [1.82, 2.24) is 0 Å². The molecule has 0 N–H and O–H groups in total. The monoisotopic (exact) mass is 420 g/mol. The zero-order valence-electron chi connectivity index (χ0n) is 12.5. The van der Waals surface area contributed by atoms with E-state index in [0.717, 1.165) is 34.6 Å². The molecule has 1 heterocycles. The van der Waals surface area contributed by atoms with Crippen LogP contribution in [0.5, 0.6) is 11.5 Å². The normalized spacial score (nSPS) is 16.0. The summed E-state index contributed by atoms with van der Waals surface area (Å²) >= 11 is 7.27. The number of alkyl halides is 1. The van der Waals surface area contributed by atoms with Gasteiger partial charge in [0.15, 0.2) is 11.5 Å². The molecule has 0 saturated carbocycles. The number of hydrogen-bond donors (Lipinski definition) is 0. The summed E-state index contributed by atoms with van der Waals surface area (Å²) in [5.41, 5.74) is 1.10. The Morgan fingerprint density at radius 1 is 1.19 bits per heavy atom. The number of hydrogen-bond acceptors (Lipinski definition) is 3. The maximum absolute atomic E-state index is 6.10. The molecule has 1 aromatic rings. The van der Waals surface area contributed by atoms with E-state index >= 15 is 0 Å². The van der Waals surface area contributed by atoms with E-state index in [1.165, 1.54) is 19.3 Å². The van der Waals surface area contributed by atoms with Gasteiger partial charge in [0.25, 0.3) is 0 Å². The second-order valence-electron chi connectivity index (χ2n) is 5.26. The zero-order valence-corrected chi connectivity index (χ0v) is 15.7. The maximum Gasteiger partial charge on any atom is 0.231 e. The van der Waals surface area contributed by atoms with Crippen LogP contribution in [-0.2, 0) is 4.74 Å². The smallest absolute Gasteiger partial charge is 0.231 e. The highest BCUT2D eigenvalue weighted by atomic mass is 79.9. The SMILES string of the molecule is CCCCCCO[C@H](c1cc2c(cc1Br)OCO2)[C@H](C)Br. The number of benzene rings is 1. The van der Waals surface area contributed by atoms with Crippen molar-refractivity contribution in [2.45, 2.75) is 50.5 Å². The topological polar surface area (TPSA) is 27.7 Å². The molecule has 2 atom stereocenters. The van der Waals surface area contributed by atoms with Crippen LogP contribution in [0.3, 0.4) is 0 Å². The molecule has 0 fully saturated rings. The summed E-state index contributed by atoms with van der Waals surface area (Å²) in [6.07, 6.45) is 4.84. The molecule has 0 amide bonds.